The van der Waals surface area contributed by atoms with Crippen molar-refractivity contribution < 1.29 is 9.66 Å². The summed E-state index contributed by atoms with van der Waals surface area (Å²) in [4.78, 5) is 12.8. The fourth-order valence-electron chi connectivity index (χ4n) is 1.96. The number of likely N-dealkylation sites (N-methyl/N-ethyl adjacent to an activating group) is 1. The lowest BCUT2D eigenvalue weighted by molar-refractivity contribution is -0.385. The normalized spacial score (nSPS) is 12.3. The number of rotatable bonds is 7. The standard InChI is InChI=1S/C13H21N3O3/c1-5-19-12-8-6-7-11(13(12)16(17)18)14-10(2)9-15(3)4/h6-8,10,14H,5,9H2,1-4H3. The highest BCUT2D eigenvalue weighted by Crippen LogP contribution is 2.35. The van der Waals surface area contributed by atoms with E-state index in [-0.39, 0.29) is 11.7 Å². The average molecular weight is 267 g/mol. The van der Waals surface area contributed by atoms with Crippen LogP contribution in [0.2, 0.25) is 0 Å². The molecule has 0 saturated carbocycles. The van der Waals surface area contributed by atoms with E-state index < -0.39 is 4.92 Å². The maximum atomic E-state index is 11.2. The molecular weight excluding hydrogens is 246 g/mol. The molecule has 0 spiro atoms. The van der Waals surface area contributed by atoms with E-state index in [9.17, 15) is 10.1 Å². The van der Waals surface area contributed by atoms with Gasteiger partial charge < -0.3 is 15.0 Å². The summed E-state index contributed by atoms with van der Waals surface area (Å²) in [5.41, 5.74) is 0.486. The Morgan fingerprint density at radius 2 is 2.16 bits per heavy atom. The van der Waals surface area contributed by atoms with Crippen LogP contribution in [0.4, 0.5) is 11.4 Å². The number of hydrogen-bond acceptors (Lipinski definition) is 5. The first-order valence-corrected chi connectivity index (χ1v) is 6.27. The number of benzene rings is 1. The molecule has 1 aromatic rings. The van der Waals surface area contributed by atoms with Crippen molar-refractivity contribution in [3.05, 3.63) is 28.3 Å². The Balaban J connectivity index is 2.99. The number of nitrogens with one attached hydrogen (secondary N) is 1. The van der Waals surface area contributed by atoms with Gasteiger partial charge in [-0.05, 0) is 40.1 Å². The molecule has 6 heteroatoms. The molecule has 1 rings (SSSR count). The summed E-state index contributed by atoms with van der Waals surface area (Å²) in [5, 5.41) is 14.4. The highest BCUT2D eigenvalue weighted by molar-refractivity contribution is 5.68. The summed E-state index contributed by atoms with van der Waals surface area (Å²) < 4.78 is 5.31. The van der Waals surface area contributed by atoms with Crippen molar-refractivity contribution in [3.63, 3.8) is 0 Å². The molecule has 1 aromatic carbocycles. The largest absolute Gasteiger partial charge is 0.487 e. The predicted molar refractivity (Wildman–Crippen MR) is 75.9 cm³/mol. The topological polar surface area (TPSA) is 67.6 Å². The lowest BCUT2D eigenvalue weighted by atomic mass is 10.2. The van der Waals surface area contributed by atoms with Gasteiger partial charge >= 0.3 is 5.69 Å². The van der Waals surface area contributed by atoms with Crippen LogP contribution in [0.3, 0.4) is 0 Å². The Morgan fingerprint density at radius 1 is 1.47 bits per heavy atom. The van der Waals surface area contributed by atoms with Gasteiger partial charge in [0.1, 0.15) is 5.69 Å². The van der Waals surface area contributed by atoms with Crippen LogP contribution >= 0.6 is 0 Å². The van der Waals surface area contributed by atoms with Crippen molar-refractivity contribution in [1.29, 1.82) is 0 Å². The van der Waals surface area contributed by atoms with Gasteiger partial charge in [-0.1, -0.05) is 6.07 Å². The van der Waals surface area contributed by atoms with Crippen LogP contribution in [0, 0.1) is 10.1 Å². The van der Waals surface area contributed by atoms with Crippen LogP contribution in [0.1, 0.15) is 13.8 Å². The summed E-state index contributed by atoms with van der Waals surface area (Å²) in [7, 11) is 3.92. The third-order valence-corrected chi connectivity index (χ3v) is 2.52. The van der Waals surface area contributed by atoms with Gasteiger partial charge in [0.2, 0.25) is 0 Å². The number of anilines is 1. The second-order valence-electron chi connectivity index (χ2n) is 4.65. The van der Waals surface area contributed by atoms with Crippen molar-refractivity contribution in [2.45, 2.75) is 19.9 Å². The third kappa shape index (κ3) is 4.40. The summed E-state index contributed by atoms with van der Waals surface area (Å²) in [6.07, 6.45) is 0. The Labute approximate surface area is 113 Å². The van der Waals surface area contributed by atoms with Crippen LogP contribution in [0.15, 0.2) is 18.2 Å². The second-order valence-corrected chi connectivity index (χ2v) is 4.65. The molecule has 0 saturated heterocycles. The van der Waals surface area contributed by atoms with E-state index >= 15 is 0 Å². The maximum Gasteiger partial charge on any atom is 0.333 e. The number of nitrogens with zero attached hydrogens (tertiary/aromatic N) is 2. The molecule has 0 bridgehead atoms. The summed E-state index contributed by atoms with van der Waals surface area (Å²) in [6.45, 7) is 4.98. The molecule has 0 aromatic heterocycles. The Morgan fingerprint density at radius 3 is 2.68 bits per heavy atom. The molecule has 0 aliphatic heterocycles. The molecule has 0 aliphatic carbocycles. The van der Waals surface area contributed by atoms with Crippen molar-refractivity contribution in [2.75, 3.05) is 32.6 Å². The average Bonchev–Trinajstić information content (AvgIpc) is 2.27. The smallest absolute Gasteiger partial charge is 0.333 e. The van der Waals surface area contributed by atoms with Crippen molar-refractivity contribution in [2.24, 2.45) is 0 Å². The van der Waals surface area contributed by atoms with Crippen molar-refractivity contribution >= 4 is 11.4 Å². The van der Waals surface area contributed by atoms with Crippen LogP contribution < -0.4 is 10.1 Å². The Bertz CT molecular complexity index is 435. The number of nitro benzene ring substituents is 1. The minimum Gasteiger partial charge on any atom is -0.487 e. The molecule has 0 radical (unpaired) electrons. The highest BCUT2D eigenvalue weighted by atomic mass is 16.6. The third-order valence-electron chi connectivity index (χ3n) is 2.52. The van der Waals surface area contributed by atoms with E-state index in [1.807, 2.05) is 25.9 Å². The van der Waals surface area contributed by atoms with E-state index in [2.05, 4.69) is 5.32 Å². The number of nitro groups is 1. The van der Waals surface area contributed by atoms with Gasteiger partial charge in [0.05, 0.1) is 11.5 Å². The van der Waals surface area contributed by atoms with E-state index in [0.29, 0.717) is 18.0 Å². The molecule has 106 valence electrons. The zero-order chi connectivity index (χ0) is 14.4. The minimum atomic E-state index is -0.407. The lowest BCUT2D eigenvalue weighted by Crippen LogP contribution is -2.29. The zero-order valence-corrected chi connectivity index (χ0v) is 11.8. The van der Waals surface area contributed by atoms with E-state index in [1.165, 1.54) is 0 Å². The van der Waals surface area contributed by atoms with Gasteiger partial charge in [-0.15, -0.1) is 0 Å². The Kier molecular flexibility index (Phi) is 5.57. The summed E-state index contributed by atoms with van der Waals surface area (Å²) in [6, 6.07) is 5.17. The van der Waals surface area contributed by atoms with Gasteiger partial charge in [-0.2, -0.15) is 0 Å². The minimum absolute atomic E-state index is 0.00467. The molecule has 1 unspecified atom stereocenters. The molecule has 19 heavy (non-hydrogen) atoms. The van der Waals surface area contributed by atoms with Crippen LogP contribution in [-0.4, -0.2) is 43.1 Å². The maximum absolute atomic E-state index is 11.2. The van der Waals surface area contributed by atoms with Crippen molar-refractivity contribution in [3.8, 4) is 5.75 Å². The quantitative estimate of drug-likeness (QED) is 0.606. The van der Waals surface area contributed by atoms with Gasteiger partial charge in [-0.25, -0.2) is 0 Å². The lowest BCUT2D eigenvalue weighted by Gasteiger charge is -2.19. The van der Waals surface area contributed by atoms with Crippen molar-refractivity contribution in [1.82, 2.24) is 4.90 Å². The monoisotopic (exact) mass is 267 g/mol. The molecule has 0 heterocycles. The number of hydrogen-bond donors (Lipinski definition) is 1. The fourth-order valence-corrected chi connectivity index (χ4v) is 1.96. The number of ether oxygens (including phenoxy) is 1. The molecule has 1 N–H and O–H groups in total. The van der Waals surface area contributed by atoms with Crippen LogP contribution in [0.5, 0.6) is 5.75 Å². The highest BCUT2D eigenvalue weighted by Gasteiger charge is 2.21. The molecule has 0 amide bonds. The summed E-state index contributed by atoms with van der Waals surface area (Å²) in [5.74, 6) is 0.301. The SMILES string of the molecule is CCOc1cccc(NC(C)CN(C)C)c1[N+](=O)[O-]. The zero-order valence-electron chi connectivity index (χ0n) is 11.8. The first-order valence-electron chi connectivity index (χ1n) is 6.27. The van der Waals surface area contributed by atoms with E-state index in [4.69, 9.17) is 4.74 Å². The van der Waals surface area contributed by atoms with Crippen LogP contribution in [0.25, 0.3) is 0 Å². The van der Waals surface area contributed by atoms with E-state index in [1.54, 1.807) is 25.1 Å². The Hall–Kier alpha value is -1.82. The summed E-state index contributed by atoms with van der Waals surface area (Å²) >= 11 is 0. The molecular formula is C13H21N3O3. The van der Waals surface area contributed by atoms with Gasteiger partial charge in [0.15, 0.2) is 5.75 Å². The second kappa shape index (κ2) is 6.94. The first-order chi connectivity index (χ1) is 8.95. The molecule has 0 fully saturated rings. The fraction of sp³-hybridized carbons (Fsp3) is 0.538. The van der Waals surface area contributed by atoms with Crippen LogP contribution in [-0.2, 0) is 0 Å². The van der Waals surface area contributed by atoms with Gasteiger partial charge in [0.25, 0.3) is 0 Å². The van der Waals surface area contributed by atoms with E-state index in [0.717, 1.165) is 6.54 Å². The molecule has 1 atom stereocenters. The van der Waals surface area contributed by atoms with Gasteiger partial charge in [-0.3, -0.25) is 10.1 Å². The predicted octanol–water partition coefficient (Wildman–Crippen LogP) is 2.36. The number of para-hydroxylation sites is 1. The van der Waals surface area contributed by atoms with Gasteiger partial charge in [0, 0.05) is 12.6 Å². The molecule has 0 aliphatic rings. The molecule has 6 nitrogen and oxygen atoms in total. The first kappa shape index (κ1) is 15.2.